The normalized spacial score (nSPS) is 11.1. The van der Waals surface area contributed by atoms with Crippen LogP contribution in [0.5, 0.6) is 11.5 Å². The van der Waals surface area contributed by atoms with Crippen molar-refractivity contribution < 1.29 is 19.4 Å². The number of carbonyl (C=O) groups is 1. The molecule has 4 aromatic carbocycles. The number of carboxylic acids is 1. The second-order valence-corrected chi connectivity index (χ2v) is 8.62. The van der Waals surface area contributed by atoms with Crippen molar-refractivity contribution in [2.75, 3.05) is 13.7 Å². The molecule has 0 aliphatic rings. The average Bonchev–Trinajstić information content (AvgIpc) is 3.26. The molecule has 0 fully saturated rings. The highest BCUT2D eigenvalue weighted by molar-refractivity contribution is 6.03. The van der Waals surface area contributed by atoms with Gasteiger partial charge in [0, 0.05) is 16.3 Å². The highest BCUT2D eigenvalue weighted by Gasteiger charge is 2.19. The Labute approximate surface area is 203 Å². The Hall–Kier alpha value is -4.25. The van der Waals surface area contributed by atoms with E-state index in [0.29, 0.717) is 19.4 Å². The smallest absolute Gasteiger partial charge is 0.352 e. The fourth-order valence-electron chi connectivity index (χ4n) is 4.73. The van der Waals surface area contributed by atoms with Crippen LogP contribution in [0.3, 0.4) is 0 Å². The van der Waals surface area contributed by atoms with Crippen molar-refractivity contribution in [2.24, 2.45) is 0 Å². The number of hydrogen-bond acceptors (Lipinski definition) is 3. The Morgan fingerprint density at radius 1 is 0.914 bits per heavy atom. The summed E-state index contributed by atoms with van der Waals surface area (Å²) in [6, 6.07) is 26.0. The molecule has 5 rings (SSSR count). The van der Waals surface area contributed by atoms with Crippen molar-refractivity contribution in [3.63, 3.8) is 0 Å². The number of benzene rings is 4. The molecule has 0 saturated carbocycles. The summed E-state index contributed by atoms with van der Waals surface area (Å²) in [6.07, 6.45) is 1.28. The lowest BCUT2D eigenvalue weighted by Gasteiger charge is -2.11. The summed E-state index contributed by atoms with van der Waals surface area (Å²) in [6.45, 7) is 2.55. The second kappa shape index (κ2) is 9.55. The maximum Gasteiger partial charge on any atom is 0.352 e. The summed E-state index contributed by atoms with van der Waals surface area (Å²) in [4.78, 5) is 15.3. The van der Waals surface area contributed by atoms with E-state index in [1.807, 2.05) is 66.7 Å². The fraction of sp³-hybridized carbons (Fsp3) is 0.167. The van der Waals surface area contributed by atoms with Gasteiger partial charge in [-0.25, -0.2) is 4.79 Å². The first-order chi connectivity index (χ1) is 17.1. The zero-order valence-corrected chi connectivity index (χ0v) is 19.8. The van der Waals surface area contributed by atoms with Crippen LogP contribution in [0, 0.1) is 6.92 Å². The molecule has 35 heavy (non-hydrogen) atoms. The topological polar surface area (TPSA) is 71.6 Å². The minimum Gasteiger partial charge on any atom is -0.497 e. The van der Waals surface area contributed by atoms with E-state index in [1.165, 1.54) is 0 Å². The molecule has 5 aromatic rings. The first-order valence-corrected chi connectivity index (χ1v) is 11.7. The molecule has 0 aliphatic carbocycles. The number of aromatic nitrogens is 1. The third-order valence-corrected chi connectivity index (χ3v) is 6.47. The minimum atomic E-state index is -0.948. The predicted molar refractivity (Wildman–Crippen MR) is 140 cm³/mol. The van der Waals surface area contributed by atoms with Gasteiger partial charge in [0.1, 0.15) is 17.2 Å². The lowest BCUT2D eigenvalue weighted by Crippen LogP contribution is -2.04. The lowest BCUT2D eigenvalue weighted by atomic mass is 9.97. The number of hydrogen-bond donors (Lipinski definition) is 2. The first kappa shape index (κ1) is 22.5. The Morgan fingerprint density at radius 2 is 1.71 bits per heavy atom. The molecule has 0 amide bonds. The second-order valence-electron chi connectivity index (χ2n) is 8.62. The molecular formula is C30H27NO4. The number of rotatable bonds is 8. The molecule has 0 saturated heterocycles. The molecule has 0 radical (unpaired) electrons. The van der Waals surface area contributed by atoms with Crippen LogP contribution in [0.4, 0.5) is 0 Å². The van der Waals surface area contributed by atoms with Crippen molar-refractivity contribution in [1.82, 2.24) is 4.98 Å². The van der Waals surface area contributed by atoms with Crippen LogP contribution in [-0.4, -0.2) is 29.8 Å². The van der Waals surface area contributed by atoms with Crippen molar-refractivity contribution in [3.05, 3.63) is 95.7 Å². The van der Waals surface area contributed by atoms with Gasteiger partial charge in [0.15, 0.2) is 0 Å². The van der Waals surface area contributed by atoms with E-state index in [0.717, 1.165) is 55.4 Å². The number of nitrogens with one attached hydrogen (secondary N) is 1. The van der Waals surface area contributed by atoms with Crippen LogP contribution in [0.15, 0.2) is 78.9 Å². The van der Waals surface area contributed by atoms with Crippen molar-refractivity contribution in [2.45, 2.75) is 19.8 Å². The molecule has 1 heterocycles. The minimum absolute atomic E-state index is 0.248. The average molecular weight is 466 g/mol. The third-order valence-electron chi connectivity index (χ3n) is 6.47. The fourth-order valence-corrected chi connectivity index (χ4v) is 4.73. The standard InChI is InChI=1S/C30H27NO4/c1-19-8-3-4-10-22(19)24-11-6-12-25-26(29(30(32)33)31-28(24)25)13-7-17-35-27-14-5-9-20-18-21(34-2)15-16-23(20)27/h3-6,8-12,14-16,18,31H,7,13,17H2,1-2H3,(H,32,33). The lowest BCUT2D eigenvalue weighted by molar-refractivity contribution is 0.0690. The zero-order chi connectivity index (χ0) is 24.4. The molecule has 0 atom stereocenters. The molecule has 2 N–H and O–H groups in total. The zero-order valence-electron chi connectivity index (χ0n) is 19.8. The van der Waals surface area contributed by atoms with Crippen LogP contribution in [0.1, 0.15) is 28.0 Å². The Kier molecular flexibility index (Phi) is 6.15. The van der Waals surface area contributed by atoms with Crippen molar-refractivity contribution in [1.29, 1.82) is 0 Å². The van der Waals surface area contributed by atoms with Gasteiger partial charge in [-0.15, -0.1) is 0 Å². The summed E-state index contributed by atoms with van der Waals surface area (Å²) in [5.74, 6) is 0.667. The number of methoxy groups -OCH3 is 1. The Morgan fingerprint density at radius 3 is 2.51 bits per heavy atom. The highest BCUT2D eigenvalue weighted by atomic mass is 16.5. The van der Waals surface area contributed by atoms with E-state index in [4.69, 9.17) is 9.47 Å². The van der Waals surface area contributed by atoms with Crippen molar-refractivity contribution >= 4 is 27.6 Å². The van der Waals surface area contributed by atoms with Gasteiger partial charge < -0.3 is 19.6 Å². The Bertz CT molecular complexity index is 1530. The van der Waals surface area contributed by atoms with Gasteiger partial charge in [-0.05, 0) is 66.1 Å². The first-order valence-electron chi connectivity index (χ1n) is 11.7. The van der Waals surface area contributed by atoms with E-state index >= 15 is 0 Å². The predicted octanol–water partition coefficient (Wildman–Crippen LogP) is 7.01. The number of aromatic amines is 1. The van der Waals surface area contributed by atoms with Gasteiger partial charge in [0.2, 0.25) is 0 Å². The maximum atomic E-state index is 12.1. The molecule has 176 valence electrons. The molecule has 1 aromatic heterocycles. The molecule has 0 aliphatic heterocycles. The van der Waals surface area contributed by atoms with Crippen LogP contribution in [0.25, 0.3) is 32.8 Å². The van der Waals surface area contributed by atoms with Gasteiger partial charge in [-0.2, -0.15) is 0 Å². The maximum absolute atomic E-state index is 12.1. The summed E-state index contributed by atoms with van der Waals surface area (Å²) in [5, 5.41) is 12.9. The molecule has 5 heteroatoms. The summed E-state index contributed by atoms with van der Waals surface area (Å²) < 4.78 is 11.4. The highest BCUT2D eigenvalue weighted by Crippen LogP contribution is 2.34. The molecule has 5 nitrogen and oxygen atoms in total. The Balaban J connectivity index is 1.39. The largest absolute Gasteiger partial charge is 0.497 e. The van der Waals surface area contributed by atoms with Gasteiger partial charge in [0.05, 0.1) is 19.2 Å². The van der Waals surface area contributed by atoms with E-state index in [1.54, 1.807) is 7.11 Å². The summed E-state index contributed by atoms with van der Waals surface area (Å²) >= 11 is 0. The number of para-hydroxylation sites is 1. The van der Waals surface area contributed by atoms with Gasteiger partial charge in [-0.3, -0.25) is 0 Å². The van der Waals surface area contributed by atoms with Gasteiger partial charge in [-0.1, -0.05) is 54.6 Å². The summed E-state index contributed by atoms with van der Waals surface area (Å²) in [5.41, 5.74) is 5.18. The number of fused-ring (bicyclic) bond motifs is 2. The van der Waals surface area contributed by atoms with Crippen LogP contribution >= 0.6 is 0 Å². The monoisotopic (exact) mass is 465 g/mol. The number of ether oxygens (including phenoxy) is 2. The third kappa shape index (κ3) is 4.33. The molecular weight excluding hydrogens is 438 g/mol. The number of aromatic carboxylic acids is 1. The number of aryl methyl sites for hydroxylation is 2. The summed E-state index contributed by atoms with van der Waals surface area (Å²) in [7, 11) is 1.65. The van der Waals surface area contributed by atoms with E-state index < -0.39 is 5.97 Å². The molecule has 0 unspecified atom stereocenters. The van der Waals surface area contributed by atoms with Gasteiger partial charge in [0.25, 0.3) is 0 Å². The quantitative estimate of drug-likeness (QED) is 0.242. The van der Waals surface area contributed by atoms with E-state index in [-0.39, 0.29) is 5.69 Å². The molecule has 0 bridgehead atoms. The van der Waals surface area contributed by atoms with Crippen LogP contribution < -0.4 is 9.47 Å². The van der Waals surface area contributed by atoms with E-state index in [2.05, 4.69) is 24.0 Å². The molecule has 0 spiro atoms. The van der Waals surface area contributed by atoms with Gasteiger partial charge >= 0.3 is 5.97 Å². The van der Waals surface area contributed by atoms with E-state index in [9.17, 15) is 9.90 Å². The van der Waals surface area contributed by atoms with Crippen LogP contribution in [-0.2, 0) is 6.42 Å². The van der Waals surface area contributed by atoms with Crippen molar-refractivity contribution in [3.8, 4) is 22.6 Å². The van der Waals surface area contributed by atoms with Crippen LogP contribution in [0.2, 0.25) is 0 Å². The number of H-pyrrole nitrogens is 1. The number of carboxylic acid groups (broad SMARTS) is 1. The SMILES string of the molecule is COc1ccc2c(OCCCc3c(C(=O)O)[nH]c4c(-c5ccccc5C)cccc34)cccc2c1.